The van der Waals surface area contributed by atoms with Gasteiger partial charge >= 0.3 is 11.7 Å². The van der Waals surface area contributed by atoms with E-state index in [0.717, 1.165) is 0 Å². The number of nitrogens with one attached hydrogen (secondary N) is 1. The van der Waals surface area contributed by atoms with Crippen LogP contribution in [0.3, 0.4) is 0 Å². The van der Waals surface area contributed by atoms with Crippen LogP contribution < -0.4 is 11.1 Å². The number of benzene rings is 1. The highest BCUT2D eigenvalue weighted by atomic mass is 32.1. The van der Waals surface area contributed by atoms with E-state index in [-0.39, 0.29) is 25.5 Å². The fourth-order valence-corrected chi connectivity index (χ4v) is 2.98. The van der Waals surface area contributed by atoms with Gasteiger partial charge in [-0.2, -0.15) is 0 Å². The molecule has 0 saturated heterocycles. The van der Waals surface area contributed by atoms with Gasteiger partial charge in [-0.1, -0.05) is 12.1 Å². The molecule has 0 aliphatic carbocycles. The van der Waals surface area contributed by atoms with E-state index < -0.39 is 11.7 Å². The standard InChI is InChI=1S/C16H15N3O5S/c1-10(20)17-15-18-11(9-25-15)8-23-14(21)6-7-19-12-4-2-3-5-13(12)24-16(19)22/h2-5,9H,6-8H2,1H3,(H,17,18,20). The summed E-state index contributed by atoms with van der Waals surface area (Å²) in [4.78, 5) is 38.8. The molecule has 1 N–H and O–H groups in total. The van der Waals surface area contributed by atoms with Crippen LogP contribution in [0.1, 0.15) is 19.0 Å². The fraction of sp³-hybridized carbons (Fsp3) is 0.250. The first-order chi connectivity index (χ1) is 12.0. The van der Waals surface area contributed by atoms with Gasteiger partial charge in [0.15, 0.2) is 10.7 Å². The maximum absolute atomic E-state index is 11.9. The Morgan fingerprint density at radius 2 is 2.16 bits per heavy atom. The van der Waals surface area contributed by atoms with Gasteiger partial charge in [0, 0.05) is 18.8 Å². The van der Waals surface area contributed by atoms with Crippen molar-refractivity contribution in [2.45, 2.75) is 26.5 Å². The van der Waals surface area contributed by atoms with E-state index >= 15 is 0 Å². The largest absolute Gasteiger partial charge is 0.459 e. The molecule has 0 fully saturated rings. The number of amides is 1. The van der Waals surface area contributed by atoms with E-state index in [0.29, 0.717) is 21.9 Å². The minimum Gasteiger partial charge on any atom is -0.459 e. The number of hydrogen-bond acceptors (Lipinski definition) is 7. The van der Waals surface area contributed by atoms with Gasteiger partial charge in [-0.05, 0) is 12.1 Å². The second-order valence-electron chi connectivity index (χ2n) is 5.22. The minimum absolute atomic E-state index is 0.00987. The molecule has 0 bridgehead atoms. The van der Waals surface area contributed by atoms with E-state index in [1.54, 1.807) is 29.6 Å². The zero-order valence-corrected chi connectivity index (χ0v) is 14.2. The highest BCUT2D eigenvalue weighted by Gasteiger charge is 2.12. The van der Waals surface area contributed by atoms with Crippen LogP contribution in [0.5, 0.6) is 0 Å². The lowest BCUT2D eigenvalue weighted by Crippen LogP contribution is -2.17. The summed E-state index contributed by atoms with van der Waals surface area (Å²) in [5, 5.41) is 4.71. The number of thiazole rings is 1. The number of para-hydroxylation sites is 2. The Kier molecular flexibility index (Phi) is 4.94. The van der Waals surface area contributed by atoms with Gasteiger partial charge in [0.2, 0.25) is 5.91 Å². The number of ether oxygens (including phenoxy) is 1. The summed E-state index contributed by atoms with van der Waals surface area (Å²) in [7, 11) is 0. The maximum atomic E-state index is 11.9. The SMILES string of the molecule is CC(=O)Nc1nc(COC(=O)CCn2c(=O)oc3ccccc32)cs1. The van der Waals surface area contributed by atoms with E-state index in [4.69, 9.17) is 9.15 Å². The van der Waals surface area contributed by atoms with Crippen molar-refractivity contribution in [2.24, 2.45) is 0 Å². The van der Waals surface area contributed by atoms with Crippen LogP contribution in [0, 0.1) is 0 Å². The minimum atomic E-state index is -0.506. The van der Waals surface area contributed by atoms with Gasteiger partial charge in [-0.25, -0.2) is 9.78 Å². The average molecular weight is 361 g/mol. The first-order valence-corrected chi connectivity index (χ1v) is 8.37. The monoisotopic (exact) mass is 361 g/mol. The Hall–Kier alpha value is -2.94. The third-order valence-corrected chi connectivity index (χ3v) is 4.14. The number of fused-ring (bicyclic) bond motifs is 1. The number of aryl methyl sites for hydroxylation is 1. The first kappa shape index (κ1) is 16.9. The normalized spacial score (nSPS) is 10.8. The Balaban J connectivity index is 1.54. The molecule has 3 rings (SSSR count). The predicted molar refractivity (Wildman–Crippen MR) is 91.3 cm³/mol. The Bertz CT molecular complexity index is 971. The van der Waals surface area contributed by atoms with Crippen molar-refractivity contribution in [3.63, 3.8) is 0 Å². The van der Waals surface area contributed by atoms with Crippen LogP contribution in [0.25, 0.3) is 11.1 Å². The fourth-order valence-electron chi connectivity index (χ4n) is 2.24. The molecule has 9 heteroatoms. The summed E-state index contributed by atoms with van der Waals surface area (Å²) >= 11 is 1.25. The number of esters is 1. The third-order valence-electron chi connectivity index (χ3n) is 3.33. The van der Waals surface area contributed by atoms with Gasteiger partial charge in [0.1, 0.15) is 6.61 Å². The lowest BCUT2D eigenvalue weighted by atomic mass is 10.3. The number of hydrogen-bond donors (Lipinski definition) is 1. The molecular formula is C16H15N3O5S. The van der Waals surface area contributed by atoms with Crippen molar-refractivity contribution >= 4 is 39.4 Å². The first-order valence-electron chi connectivity index (χ1n) is 7.49. The molecule has 25 heavy (non-hydrogen) atoms. The van der Waals surface area contributed by atoms with Crippen LogP contribution in [0.4, 0.5) is 5.13 Å². The summed E-state index contributed by atoms with van der Waals surface area (Å²) in [6.07, 6.45) is 0.0339. The van der Waals surface area contributed by atoms with Crippen molar-refractivity contribution in [3.05, 3.63) is 45.9 Å². The van der Waals surface area contributed by atoms with Gasteiger partial charge in [-0.15, -0.1) is 11.3 Å². The zero-order chi connectivity index (χ0) is 17.8. The van der Waals surface area contributed by atoms with Crippen LogP contribution in [0.2, 0.25) is 0 Å². The third kappa shape index (κ3) is 4.13. The van der Waals surface area contributed by atoms with Crippen LogP contribution in [-0.4, -0.2) is 21.4 Å². The molecule has 0 spiro atoms. The highest BCUT2D eigenvalue weighted by molar-refractivity contribution is 7.13. The molecule has 8 nitrogen and oxygen atoms in total. The van der Waals surface area contributed by atoms with Crippen molar-refractivity contribution in [3.8, 4) is 0 Å². The average Bonchev–Trinajstić information content (AvgIpc) is 3.14. The van der Waals surface area contributed by atoms with E-state index in [1.165, 1.54) is 22.8 Å². The van der Waals surface area contributed by atoms with Gasteiger partial charge in [0.05, 0.1) is 17.6 Å². The van der Waals surface area contributed by atoms with Crippen LogP contribution in [-0.2, 0) is 27.5 Å². The lowest BCUT2D eigenvalue weighted by molar-refractivity contribution is -0.145. The van der Waals surface area contributed by atoms with Crippen LogP contribution in [0.15, 0.2) is 38.9 Å². The Labute approximate surface area is 146 Å². The van der Waals surface area contributed by atoms with Gasteiger partial charge in [-0.3, -0.25) is 14.2 Å². The smallest absolute Gasteiger partial charge is 0.419 e. The molecule has 1 amide bonds. The van der Waals surface area contributed by atoms with E-state index in [2.05, 4.69) is 10.3 Å². The van der Waals surface area contributed by atoms with Gasteiger partial charge in [0.25, 0.3) is 0 Å². The molecule has 0 aliphatic heterocycles. The number of carbonyl (C=O) groups is 2. The number of rotatable bonds is 6. The molecule has 0 unspecified atom stereocenters. The molecule has 0 aliphatic rings. The quantitative estimate of drug-likeness (QED) is 0.675. The molecular weight excluding hydrogens is 346 g/mol. The molecule has 0 saturated carbocycles. The Morgan fingerprint density at radius 1 is 1.36 bits per heavy atom. The topological polar surface area (TPSA) is 103 Å². The molecule has 0 radical (unpaired) electrons. The second kappa shape index (κ2) is 7.31. The van der Waals surface area contributed by atoms with E-state index in [9.17, 15) is 14.4 Å². The summed E-state index contributed by atoms with van der Waals surface area (Å²) in [6, 6.07) is 7.01. The Morgan fingerprint density at radius 3 is 2.96 bits per heavy atom. The number of aromatic nitrogens is 2. The maximum Gasteiger partial charge on any atom is 0.419 e. The number of carbonyl (C=O) groups excluding carboxylic acids is 2. The highest BCUT2D eigenvalue weighted by Crippen LogP contribution is 2.16. The molecule has 1 aromatic carbocycles. The molecule has 130 valence electrons. The summed E-state index contributed by atoms with van der Waals surface area (Å²) in [5.41, 5.74) is 1.67. The molecule has 3 aromatic rings. The summed E-state index contributed by atoms with van der Waals surface area (Å²) in [6.45, 7) is 1.57. The van der Waals surface area contributed by atoms with E-state index in [1.807, 2.05) is 0 Å². The number of nitrogens with zero attached hydrogens (tertiary/aromatic N) is 2. The number of anilines is 1. The summed E-state index contributed by atoms with van der Waals surface area (Å²) in [5.74, 6) is -1.17. The van der Waals surface area contributed by atoms with Crippen LogP contribution >= 0.6 is 11.3 Å². The van der Waals surface area contributed by atoms with Crippen molar-refractivity contribution in [2.75, 3.05) is 5.32 Å². The van der Waals surface area contributed by atoms with Crippen molar-refractivity contribution in [1.82, 2.24) is 9.55 Å². The number of oxazole rings is 1. The predicted octanol–water partition coefficient (Wildman–Crippen LogP) is 2.14. The van der Waals surface area contributed by atoms with Crippen molar-refractivity contribution in [1.29, 1.82) is 0 Å². The second-order valence-corrected chi connectivity index (χ2v) is 6.08. The lowest BCUT2D eigenvalue weighted by Gasteiger charge is -2.04. The zero-order valence-electron chi connectivity index (χ0n) is 13.4. The van der Waals surface area contributed by atoms with Gasteiger partial charge < -0.3 is 14.5 Å². The summed E-state index contributed by atoms with van der Waals surface area (Å²) < 4.78 is 11.6. The molecule has 0 atom stereocenters. The molecule has 2 heterocycles. The van der Waals surface area contributed by atoms with Crippen molar-refractivity contribution < 1.29 is 18.7 Å². The molecule has 2 aromatic heterocycles.